The van der Waals surface area contributed by atoms with Crippen molar-refractivity contribution in [3.8, 4) is 0 Å². The standard InChI is InChI=1S/C8H20N2O/c1-6(11-5)7(10-9)8(2,3)4/h6-7,10H,9H2,1-5H3. The van der Waals surface area contributed by atoms with Crippen LogP contribution in [0.15, 0.2) is 0 Å². The van der Waals surface area contributed by atoms with Crippen LogP contribution < -0.4 is 11.3 Å². The van der Waals surface area contributed by atoms with Crippen LogP contribution in [-0.4, -0.2) is 19.3 Å². The fourth-order valence-corrected chi connectivity index (χ4v) is 1.23. The molecule has 0 aliphatic heterocycles. The third-order valence-electron chi connectivity index (χ3n) is 1.95. The van der Waals surface area contributed by atoms with E-state index in [0.29, 0.717) is 0 Å². The molecule has 0 spiro atoms. The molecule has 0 saturated carbocycles. The van der Waals surface area contributed by atoms with Crippen molar-refractivity contribution in [3.63, 3.8) is 0 Å². The molecule has 2 unspecified atom stereocenters. The van der Waals surface area contributed by atoms with Gasteiger partial charge in [0.05, 0.1) is 12.1 Å². The molecule has 0 aromatic carbocycles. The number of nitrogens with two attached hydrogens (primary N) is 1. The summed E-state index contributed by atoms with van der Waals surface area (Å²) in [5, 5.41) is 0. The van der Waals surface area contributed by atoms with Gasteiger partial charge in [0.25, 0.3) is 0 Å². The van der Waals surface area contributed by atoms with Crippen molar-refractivity contribution in [3.05, 3.63) is 0 Å². The second-order valence-corrected chi connectivity index (χ2v) is 3.95. The van der Waals surface area contributed by atoms with Gasteiger partial charge in [-0.25, -0.2) is 0 Å². The van der Waals surface area contributed by atoms with Gasteiger partial charge < -0.3 is 4.74 Å². The Morgan fingerprint density at radius 3 is 1.91 bits per heavy atom. The van der Waals surface area contributed by atoms with Gasteiger partial charge in [-0.05, 0) is 12.3 Å². The first-order valence-corrected chi connectivity index (χ1v) is 3.92. The summed E-state index contributed by atoms with van der Waals surface area (Å²) in [5.41, 5.74) is 2.90. The molecule has 3 heteroatoms. The zero-order valence-corrected chi connectivity index (χ0v) is 8.14. The maximum absolute atomic E-state index is 5.41. The monoisotopic (exact) mass is 160 g/mol. The first kappa shape index (κ1) is 10.9. The van der Waals surface area contributed by atoms with Gasteiger partial charge in [0.15, 0.2) is 0 Å². The maximum Gasteiger partial charge on any atom is 0.0714 e. The molecule has 0 aromatic rings. The van der Waals surface area contributed by atoms with E-state index in [0.717, 1.165) is 0 Å². The highest BCUT2D eigenvalue weighted by atomic mass is 16.5. The van der Waals surface area contributed by atoms with Crippen LogP contribution in [0.25, 0.3) is 0 Å². The topological polar surface area (TPSA) is 47.3 Å². The summed E-state index contributed by atoms with van der Waals surface area (Å²) in [6.45, 7) is 8.41. The Hall–Kier alpha value is -0.120. The van der Waals surface area contributed by atoms with Crippen LogP contribution in [0, 0.1) is 5.41 Å². The molecule has 0 heterocycles. The van der Waals surface area contributed by atoms with Crippen LogP contribution in [0.2, 0.25) is 0 Å². The van der Waals surface area contributed by atoms with Crippen molar-refractivity contribution >= 4 is 0 Å². The quantitative estimate of drug-likeness (QED) is 0.476. The summed E-state index contributed by atoms with van der Waals surface area (Å²) in [7, 11) is 1.70. The predicted octanol–water partition coefficient (Wildman–Crippen LogP) is 0.899. The SMILES string of the molecule is COC(C)C(NN)C(C)(C)C. The first-order valence-electron chi connectivity index (χ1n) is 3.92. The molecule has 0 fully saturated rings. The number of hydrogen-bond acceptors (Lipinski definition) is 3. The van der Waals surface area contributed by atoms with Crippen LogP contribution in [-0.2, 0) is 4.74 Å². The molecule has 0 bridgehead atoms. The highest BCUT2D eigenvalue weighted by Crippen LogP contribution is 2.22. The predicted molar refractivity (Wildman–Crippen MR) is 47.0 cm³/mol. The van der Waals surface area contributed by atoms with Gasteiger partial charge in [0, 0.05) is 7.11 Å². The fourth-order valence-electron chi connectivity index (χ4n) is 1.23. The fraction of sp³-hybridized carbons (Fsp3) is 1.00. The average molecular weight is 160 g/mol. The zero-order valence-electron chi connectivity index (χ0n) is 8.14. The molecule has 0 aromatic heterocycles. The number of rotatable bonds is 3. The largest absolute Gasteiger partial charge is 0.380 e. The van der Waals surface area contributed by atoms with E-state index in [2.05, 4.69) is 26.2 Å². The van der Waals surface area contributed by atoms with Gasteiger partial charge in [-0.3, -0.25) is 11.3 Å². The minimum Gasteiger partial charge on any atom is -0.380 e. The Balaban J connectivity index is 4.16. The summed E-state index contributed by atoms with van der Waals surface area (Å²) in [5.74, 6) is 5.41. The van der Waals surface area contributed by atoms with Crippen molar-refractivity contribution in [1.82, 2.24) is 5.43 Å². The molecule has 11 heavy (non-hydrogen) atoms. The van der Waals surface area contributed by atoms with Gasteiger partial charge in [-0.1, -0.05) is 20.8 Å². The van der Waals surface area contributed by atoms with E-state index in [4.69, 9.17) is 10.6 Å². The van der Waals surface area contributed by atoms with Crippen molar-refractivity contribution in [2.24, 2.45) is 11.3 Å². The van der Waals surface area contributed by atoms with Crippen LogP contribution in [0.3, 0.4) is 0 Å². The van der Waals surface area contributed by atoms with Crippen molar-refractivity contribution in [2.45, 2.75) is 39.8 Å². The van der Waals surface area contributed by atoms with E-state index in [1.54, 1.807) is 7.11 Å². The lowest BCUT2D eigenvalue weighted by atomic mass is 9.84. The van der Waals surface area contributed by atoms with E-state index in [1.165, 1.54) is 0 Å². The lowest BCUT2D eigenvalue weighted by Gasteiger charge is -2.33. The Morgan fingerprint density at radius 1 is 1.36 bits per heavy atom. The van der Waals surface area contributed by atoms with E-state index in [1.807, 2.05) is 6.92 Å². The molecule has 0 saturated heterocycles. The Labute approximate surface area is 69.3 Å². The summed E-state index contributed by atoms with van der Waals surface area (Å²) in [6, 6.07) is 0.187. The van der Waals surface area contributed by atoms with Crippen LogP contribution >= 0.6 is 0 Å². The van der Waals surface area contributed by atoms with E-state index >= 15 is 0 Å². The third kappa shape index (κ3) is 3.18. The van der Waals surface area contributed by atoms with Gasteiger partial charge >= 0.3 is 0 Å². The van der Waals surface area contributed by atoms with E-state index in [-0.39, 0.29) is 17.6 Å². The second-order valence-electron chi connectivity index (χ2n) is 3.95. The minimum atomic E-state index is 0.129. The van der Waals surface area contributed by atoms with Gasteiger partial charge in [-0.2, -0.15) is 0 Å². The summed E-state index contributed by atoms with van der Waals surface area (Å²) < 4.78 is 5.19. The van der Waals surface area contributed by atoms with Crippen LogP contribution in [0.1, 0.15) is 27.7 Å². The summed E-state index contributed by atoms with van der Waals surface area (Å²) >= 11 is 0. The zero-order chi connectivity index (χ0) is 9.07. The normalized spacial score (nSPS) is 18.0. The number of nitrogens with one attached hydrogen (secondary N) is 1. The third-order valence-corrected chi connectivity index (χ3v) is 1.95. The van der Waals surface area contributed by atoms with Gasteiger partial charge in [-0.15, -0.1) is 0 Å². The minimum absolute atomic E-state index is 0.129. The van der Waals surface area contributed by atoms with Crippen molar-refractivity contribution in [1.29, 1.82) is 0 Å². The van der Waals surface area contributed by atoms with Crippen molar-refractivity contribution < 1.29 is 4.74 Å². The van der Waals surface area contributed by atoms with E-state index < -0.39 is 0 Å². The summed E-state index contributed by atoms with van der Waals surface area (Å²) in [4.78, 5) is 0. The van der Waals surface area contributed by atoms with Gasteiger partial charge in [0.1, 0.15) is 0 Å². The molecule has 0 radical (unpaired) electrons. The second kappa shape index (κ2) is 4.04. The number of methoxy groups -OCH3 is 1. The van der Waals surface area contributed by atoms with Crippen LogP contribution in [0.4, 0.5) is 0 Å². The molecule has 0 rings (SSSR count). The number of ether oxygens (including phenoxy) is 1. The first-order chi connectivity index (χ1) is 4.93. The highest BCUT2D eigenvalue weighted by molar-refractivity contribution is 4.83. The summed E-state index contributed by atoms with van der Waals surface area (Å²) in [6.07, 6.45) is 0.139. The molecular formula is C8H20N2O. The maximum atomic E-state index is 5.41. The average Bonchev–Trinajstić information content (AvgIpc) is 1.86. The molecule has 0 aliphatic carbocycles. The molecule has 2 atom stereocenters. The molecule has 3 N–H and O–H groups in total. The van der Waals surface area contributed by atoms with E-state index in [9.17, 15) is 0 Å². The Bertz CT molecular complexity index is 109. The highest BCUT2D eigenvalue weighted by Gasteiger charge is 2.28. The molecule has 0 amide bonds. The number of hydrogen-bond donors (Lipinski definition) is 2. The molecular weight excluding hydrogens is 140 g/mol. The Kier molecular flexibility index (Phi) is 4.00. The lowest BCUT2D eigenvalue weighted by molar-refractivity contribution is 0.0419. The number of hydrazine groups is 1. The molecule has 0 aliphatic rings. The van der Waals surface area contributed by atoms with Crippen molar-refractivity contribution in [2.75, 3.05) is 7.11 Å². The molecule has 3 nitrogen and oxygen atoms in total. The molecule has 68 valence electrons. The van der Waals surface area contributed by atoms with Crippen LogP contribution in [0.5, 0.6) is 0 Å². The van der Waals surface area contributed by atoms with Gasteiger partial charge in [0.2, 0.25) is 0 Å². The smallest absolute Gasteiger partial charge is 0.0714 e. The lowest BCUT2D eigenvalue weighted by Crippen LogP contribution is -2.51. The Morgan fingerprint density at radius 2 is 1.82 bits per heavy atom.